The minimum absolute atomic E-state index is 0.374. The first-order valence-electron chi connectivity index (χ1n) is 6.94. The number of hydrogen-bond acceptors (Lipinski definition) is 4. The lowest BCUT2D eigenvalue weighted by atomic mass is 10.1. The number of aromatic nitrogens is 1. The zero-order chi connectivity index (χ0) is 14.5. The summed E-state index contributed by atoms with van der Waals surface area (Å²) >= 11 is 9.43. The molecule has 2 heterocycles. The van der Waals surface area contributed by atoms with Crippen LogP contribution in [-0.2, 0) is 12.4 Å². The topological polar surface area (TPSA) is 16.1 Å². The molecule has 2 aromatic rings. The molecule has 0 saturated heterocycles. The van der Waals surface area contributed by atoms with E-state index in [1.807, 2.05) is 11.3 Å². The molecule has 0 aliphatic rings. The Balaban J connectivity index is 2.20. The highest BCUT2D eigenvalue weighted by molar-refractivity contribution is 7.10. The van der Waals surface area contributed by atoms with Crippen molar-refractivity contribution < 1.29 is 0 Å². The Morgan fingerprint density at radius 3 is 2.65 bits per heavy atom. The molecule has 1 atom stereocenters. The van der Waals surface area contributed by atoms with Crippen LogP contribution in [0.2, 0.25) is 0 Å². The second-order valence-electron chi connectivity index (χ2n) is 5.08. The second kappa shape index (κ2) is 7.55. The lowest BCUT2D eigenvalue weighted by Crippen LogP contribution is -2.34. The molecule has 0 aliphatic heterocycles. The summed E-state index contributed by atoms with van der Waals surface area (Å²) in [6.07, 6.45) is 1.07. The van der Waals surface area contributed by atoms with Crippen molar-refractivity contribution in [2.24, 2.45) is 0 Å². The van der Waals surface area contributed by atoms with Gasteiger partial charge in [-0.3, -0.25) is 4.90 Å². The highest BCUT2D eigenvalue weighted by atomic mass is 35.5. The van der Waals surface area contributed by atoms with Crippen LogP contribution in [0, 0.1) is 0 Å². The zero-order valence-electron chi connectivity index (χ0n) is 12.2. The molecule has 0 saturated carbocycles. The predicted molar refractivity (Wildman–Crippen MR) is 89.7 cm³/mol. The Labute approximate surface area is 134 Å². The van der Waals surface area contributed by atoms with Gasteiger partial charge < -0.3 is 0 Å². The van der Waals surface area contributed by atoms with E-state index in [0.29, 0.717) is 18.0 Å². The zero-order valence-corrected chi connectivity index (χ0v) is 14.6. The number of alkyl halides is 1. The van der Waals surface area contributed by atoms with Crippen LogP contribution in [0.5, 0.6) is 0 Å². The monoisotopic (exact) mass is 328 g/mol. The van der Waals surface area contributed by atoms with Gasteiger partial charge in [0.2, 0.25) is 0 Å². The Morgan fingerprint density at radius 1 is 1.35 bits per heavy atom. The van der Waals surface area contributed by atoms with E-state index in [2.05, 4.69) is 53.5 Å². The summed E-state index contributed by atoms with van der Waals surface area (Å²) in [6.45, 7) is 7.73. The fraction of sp³-hybridized carbons (Fsp3) is 0.533. The number of halogens is 1. The van der Waals surface area contributed by atoms with Crippen LogP contribution < -0.4 is 0 Å². The third-order valence-corrected chi connectivity index (χ3v) is 5.49. The molecule has 2 nitrogen and oxygen atoms in total. The van der Waals surface area contributed by atoms with Crippen LogP contribution in [0.3, 0.4) is 0 Å². The van der Waals surface area contributed by atoms with Crippen molar-refractivity contribution in [2.45, 2.75) is 51.7 Å². The van der Waals surface area contributed by atoms with Crippen molar-refractivity contribution in [2.75, 3.05) is 0 Å². The van der Waals surface area contributed by atoms with Crippen molar-refractivity contribution in [3.8, 4) is 0 Å². The molecule has 0 radical (unpaired) electrons. The van der Waals surface area contributed by atoms with Gasteiger partial charge in [-0.05, 0) is 31.7 Å². The third kappa shape index (κ3) is 3.82. The first-order chi connectivity index (χ1) is 9.65. The fourth-order valence-corrected chi connectivity index (χ4v) is 4.29. The van der Waals surface area contributed by atoms with Crippen molar-refractivity contribution >= 4 is 34.3 Å². The summed E-state index contributed by atoms with van der Waals surface area (Å²) in [7, 11) is 0. The maximum Gasteiger partial charge on any atom is 0.110 e. The summed E-state index contributed by atoms with van der Waals surface area (Å²) < 4.78 is 0. The van der Waals surface area contributed by atoms with Crippen molar-refractivity contribution in [3.05, 3.63) is 38.5 Å². The van der Waals surface area contributed by atoms with Gasteiger partial charge in [0.1, 0.15) is 5.01 Å². The average molecular weight is 329 g/mol. The van der Waals surface area contributed by atoms with Gasteiger partial charge in [0.15, 0.2) is 0 Å². The van der Waals surface area contributed by atoms with Gasteiger partial charge >= 0.3 is 0 Å². The molecule has 0 N–H and O–H groups in total. The number of thiophene rings is 1. The first kappa shape index (κ1) is 16.0. The minimum atomic E-state index is 0.374. The van der Waals surface area contributed by atoms with Crippen LogP contribution in [0.4, 0.5) is 0 Å². The smallest absolute Gasteiger partial charge is 0.110 e. The lowest BCUT2D eigenvalue weighted by Gasteiger charge is -2.33. The van der Waals surface area contributed by atoms with E-state index in [9.17, 15) is 0 Å². The van der Waals surface area contributed by atoms with Crippen molar-refractivity contribution in [1.29, 1.82) is 0 Å². The third-order valence-electron chi connectivity index (χ3n) is 3.36. The summed E-state index contributed by atoms with van der Waals surface area (Å²) in [4.78, 5) is 8.62. The molecule has 110 valence electrons. The standard InChI is InChI=1S/C15H21ClN2S2/c1-4-14(15-17-12(8-16)10-20-15)18(11(2)3)9-13-6-5-7-19-13/h5-7,10-11,14H,4,8-9H2,1-3H3. The van der Waals surface area contributed by atoms with Gasteiger partial charge in [0.25, 0.3) is 0 Å². The molecule has 2 rings (SSSR count). The maximum atomic E-state index is 5.88. The molecular weight excluding hydrogens is 308 g/mol. The Hall–Kier alpha value is -0.420. The molecular formula is C15H21ClN2S2. The van der Waals surface area contributed by atoms with Crippen LogP contribution >= 0.6 is 34.3 Å². The number of thiazole rings is 1. The summed E-state index contributed by atoms with van der Waals surface area (Å²) in [5.74, 6) is 0.500. The first-order valence-corrected chi connectivity index (χ1v) is 9.23. The molecule has 1 unspecified atom stereocenters. The van der Waals surface area contributed by atoms with E-state index in [1.54, 1.807) is 11.3 Å². The van der Waals surface area contributed by atoms with E-state index in [4.69, 9.17) is 11.6 Å². The largest absolute Gasteiger partial charge is 0.286 e. The van der Waals surface area contributed by atoms with Crippen LogP contribution in [0.15, 0.2) is 22.9 Å². The Morgan fingerprint density at radius 2 is 2.15 bits per heavy atom. The van der Waals surface area contributed by atoms with Crippen LogP contribution in [0.1, 0.15) is 48.8 Å². The fourth-order valence-electron chi connectivity index (χ4n) is 2.32. The Kier molecular flexibility index (Phi) is 6.02. The quantitative estimate of drug-likeness (QED) is 0.641. The molecule has 0 amide bonds. The molecule has 0 fully saturated rings. The van der Waals surface area contributed by atoms with E-state index in [1.165, 1.54) is 9.88 Å². The number of rotatable bonds is 7. The summed E-state index contributed by atoms with van der Waals surface area (Å²) in [6, 6.07) is 5.19. The highest BCUT2D eigenvalue weighted by Gasteiger charge is 2.24. The maximum absolute atomic E-state index is 5.88. The average Bonchev–Trinajstić information content (AvgIpc) is 3.09. The van der Waals surface area contributed by atoms with E-state index < -0.39 is 0 Å². The molecule has 0 spiro atoms. The van der Waals surface area contributed by atoms with Gasteiger partial charge in [0.05, 0.1) is 17.6 Å². The van der Waals surface area contributed by atoms with E-state index >= 15 is 0 Å². The second-order valence-corrected chi connectivity index (χ2v) is 7.27. The van der Waals surface area contributed by atoms with Gasteiger partial charge in [-0.1, -0.05) is 13.0 Å². The summed E-state index contributed by atoms with van der Waals surface area (Å²) in [5, 5.41) is 5.41. The minimum Gasteiger partial charge on any atom is -0.286 e. The van der Waals surface area contributed by atoms with Gasteiger partial charge in [-0.25, -0.2) is 4.98 Å². The lowest BCUT2D eigenvalue weighted by molar-refractivity contribution is 0.141. The predicted octanol–water partition coefficient (Wildman–Crippen LogP) is 5.31. The van der Waals surface area contributed by atoms with Crippen molar-refractivity contribution in [3.63, 3.8) is 0 Å². The van der Waals surface area contributed by atoms with Crippen LogP contribution in [0.25, 0.3) is 0 Å². The van der Waals surface area contributed by atoms with E-state index in [-0.39, 0.29) is 0 Å². The summed E-state index contributed by atoms with van der Waals surface area (Å²) in [5.41, 5.74) is 0.991. The van der Waals surface area contributed by atoms with Gasteiger partial charge in [-0.15, -0.1) is 34.3 Å². The molecule has 0 aliphatic carbocycles. The van der Waals surface area contributed by atoms with Gasteiger partial charge in [-0.2, -0.15) is 0 Å². The normalized spacial score (nSPS) is 13.3. The van der Waals surface area contributed by atoms with E-state index in [0.717, 1.165) is 18.7 Å². The van der Waals surface area contributed by atoms with Gasteiger partial charge in [0, 0.05) is 22.8 Å². The molecule has 5 heteroatoms. The number of nitrogens with zero attached hydrogens (tertiary/aromatic N) is 2. The highest BCUT2D eigenvalue weighted by Crippen LogP contribution is 2.31. The number of hydrogen-bond donors (Lipinski definition) is 0. The molecule has 2 aromatic heterocycles. The molecule has 0 aromatic carbocycles. The van der Waals surface area contributed by atoms with Crippen LogP contribution in [-0.4, -0.2) is 15.9 Å². The van der Waals surface area contributed by atoms with Crippen molar-refractivity contribution in [1.82, 2.24) is 9.88 Å². The molecule has 0 bridgehead atoms. The SMILES string of the molecule is CCC(c1nc(CCl)cs1)N(Cc1cccs1)C(C)C. The Bertz CT molecular complexity index is 508. The molecule has 20 heavy (non-hydrogen) atoms.